The SMILES string of the molecule is CC1(C)CN(C(=O)c2ccc(Cl)nc2Cl)CC(C)(C)O1. The minimum Gasteiger partial charge on any atom is -0.366 e. The van der Waals surface area contributed by atoms with Crippen molar-refractivity contribution < 1.29 is 9.53 Å². The predicted molar refractivity (Wildman–Crippen MR) is 79.4 cm³/mol. The van der Waals surface area contributed by atoms with Gasteiger partial charge in [-0.2, -0.15) is 0 Å². The summed E-state index contributed by atoms with van der Waals surface area (Å²) in [6.45, 7) is 8.89. The van der Waals surface area contributed by atoms with Crippen molar-refractivity contribution in [1.82, 2.24) is 9.88 Å². The monoisotopic (exact) mass is 316 g/mol. The summed E-state index contributed by atoms with van der Waals surface area (Å²) in [5, 5.41) is 0.402. The van der Waals surface area contributed by atoms with Crippen LogP contribution in [0.15, 0.2) is 12.1 Å². The van der Waals surface area contributed by atoms with Gasteiger partial charge in [0.15, 0.2) is 0 Å². The van der Waals surface area contributed by atoms with E-state index in [1.807, 2.05) is 27.7 Å². The van der Waals surface area contributed by atoms with Crippen molar-refractivity contribution in [1.29, 1.82) is 0 Å². The Hall–Kier alpha value is -0.840. The number of hydrogen-bond acceptors (Lipinski definition) is 3. The van der Waals surface area contributed by atoms with Crippen LogP contribution in [0.4, 0.5) is 0 Å². The number of pyridine rings is 1. The molecule has 0 aromatic carbocycles. The third-order valence-corrected chi connectivity index (χ3v) is 3.53. The second-order valence-electron chi connectivity index (χ2n) is 6.26. The van der Waals surface area contributed by atoms with Gasteiger partial charge in [0.2, 0.25) is 0 Å². The second kappa shape index (κ2) is 5.17. The molecular weight excluding hydrogens is 299 g/mol. The minimum atomic E-state index is -0.399. The largest absolute Gasteiger partial charge is 0.366 e. The summed E-state index contributed by atoms with van der Waals surface area (Å²) < 4.78 is 5.96. The Labute approximate surface area is 129 Å². The maximum Gasteiger partial charge on any atom is 0.257 e. The molecule has 0 bridgehead atoms. The summed E-state index contributed by atoms with van der Waals surface area (Å²) in [6.07, 6.45) is 0. The lowest BCUT2D eigenvalue weighted by Crippen LogP contribution is -2.58. The molecule has 2 rings (SSSR count). The zero-order chi connectivity index (χ0) is 15.1. The number of carbonyl (C=O) groups excluding carboxylic acids is 1. The molecule has 0 radical (unpaired) electrons. The van der Waals surface area contributed by atoms with Crippen LogP contribution in [-0.2, 0) is 4.74 Å². The van der Waals surface area contributed by atoms with Gasteiger partial charge in [0.1, 0.15) is 10.3 Å². The molecule has 1 amide bonds. The molecule has 1 aliphatic heterocycles. The van der Waals surface area contributed by atoms with Gasteiger partial charge in [-0.15, -0.1) is 0 Å². The summed E-state index contributed by atoms with van der Waals surface area (Å²) in [6, 6.07) is 3.17. The van der Waals surface area contributed by atoms with Gasteiger partial charge in [-0.05, 0) is 39.8 Å². The van der Waals surface area contributed by atoms with Crippen LogP contribution >= 0.6 is 23.2 Å². The summed E-state index contributed by atoms with van der Waals surface area (Å²) in [4.78, 5) is 18.3. The highest BCUT2D eigenvalue weighted by Crippen LogP contribution is 2.30. The third kappa shape index (κ3) is 3.43. The molecule has 4 nitrogen and oxygen atoms in total. The molecule has 1 aliphatic rings. The normalized spacial score (nSPS) is 20.8. The molecular formula is C14H18Cl2N2O2. The van der Waals surface area contributed by atoms with Gasteiger partial charge in [0.25, 0.3) is 5.91 Å². The molecule has 0 saturated carbocycles. The average Bonchev–Trinajstić information content (AvgIpc) is 2.23. The number of morpholine rings is 1. The molecule has 110 valence electrons. The van der Waals surface area contributed by atoms with Crippen molar-refractivity contribution in [2.24, 2.45) is 0 Å². The number of halogens is 2. The lowest BCUT2D eigenvalue weighted by atomic mass is 9.98. The zero-order valence-corrected chi connectivity index (χ0v) is 13.5. The Kier molecular flexibility index (Phi) is 4.02. The van der Waals surface area contributed by atoms with Gasteiger partial charge < -0.3 is 9.64 Å². The quantitative estimate of drug-likeness (QED) is 0.745. The van der Waals surface area contributed by atoms with Gasteiger partial charge in [-0.1, -0.05) is 23.2 Å². The lowest BCUT2D eigenvalue weighted by molar-refractivity contribution is -0.171. The highest BCUT2D eigenvalue weighted by molar-refractivity contribution is 6.34. The van der Waals surface area contributed by atoms with Crippen molar-refractivity contribution in [2.45, 2.75) is 38.9 Å². The Morgan fingerprint density at radius 2 is 1.75 bits per heavy atom. The van der Waals surface area contributed by atoms with E-state index in [9.17, 15) is 4.79 Å². The molecule has 6 heteroatoms. The molecule has 0 N–H and O–H groups in total. The Balaban J connectivity index is 2.28. The van der Waals surface area contributed by atoms with E-state index < -0.39 is 11.2 Å². The molecule has 2 heterocycles. The topological polar surface area (TPSA) is 42.4 Å². The van der Waals surface area contributed by atoms with Crippen LogP contribution in [-0.4, -0.2) is 40.1 Å². The van der Waals surface area contributed by atoms with E-state index >= 15 is 0 Å². The van der Waals surface area contributed by atoms with Gasteiger partial charge >= 0.3 is 0 Å². The molecule has 20 heavy (non-hydrogen) atoms. The van der Waals surface area contributed by atoms with Crippen molar-refractivity contribution in [3.05, 3.63) is 28.0 Å². The van der Waals surface area contributed by atoms with E-state index in [-0.39, 0.29) is 16.2 Å². The maximum atomic E-state index is 12.6. The Morgan fingerprint density at radius 1 is 1.20 bits per heavy atom. The standard InChI is InChI=1S/C14H18Cl2N2O2/c1-13(2)7-18(8-14(3,4)20-13)12(19)9-5-6-10(15)17-11(9)16/h5-6H,7-8H2,1-4H3. The number of rotatable bonds is 1. The zero-order valence-electron chi connectivity index (χ0n) is 12.0. The number of hydrogen-bond donors (Lipinski definition) is 0. The lowest BCUT2D eigenvalue weighted by Gasteiger charge is -2.47. The van der Waals surface area contributed by atoms with Crippen molar-refractivity contribution in [3.63, 3.8) is 0 Å². The van der Waals surface area contributed by atoms with E-state index in [0.29, 0.717) is 18.7 Å². The third-order valence-electron chi connectivity index (χ3n) is 3.03. The highest BCUT2D eigenvalue weighted by atomic mass is 35.5. The summed E-state index contributed by atoms with van der Waals surface area (Å²) in [5.74, 6) is -0.149. The fourth-order valence-corrected chi connectivity index (χ4v) is 3.10. The van der Waals surface area contributed by atoms with Crippen LogP contribution in [0.5, 0.6) is 0 Å². The van der Waals surface area contributed by atoms with Crippen LogP contribution in [0, 0.1) is 0 Å². The highest BCUT2D eigenvalue weighted by Gasteiger charge is 2.40. The molecule has 1 aromatic heterocycles. The van der Waals surface area contributed by atoms with Gasteiger partial charge in [-0.3, -0.25) is 4.79 Å². The molecule has 0 unspecified atom stereocenters. The Morgan fingerprint density at radius 3 is 2.25 bits per heavy atom. The van der Waals surface area contributed by atoms with E-state index in [2.05, 4.69) is 4.98 Å². The molecule has 0 aliphatic carbocycles. The fourth-order valence-electron chi connectivity index (χ4n) is 2.67. The van der Waals surface area contributed by atoms with E-state index in [1.54, 1.807) is 17.0 Å². The fraction of sp³-hybridized carbons (Fsp3) is 0.571. The van der Waals surface area contributed by atoms with E-state index in [0.717, 1.165) is 0 Å². The molecule has 1 aromatic rings. The summed E-state index contributed by atoms with van der Waals surface area (Å²) in [5.41, 5.74) is -0.433. The van der Waals surface area contributed by atoms with E-state index in [1.165, 1.54) is 0 Å². The molecule has 0 spiro atoms. The average molecular weight is 317 g/mol. The first-order valence-corrected chi connectivity index (χ1v) is 7.17. The summed E-state index contributed by atoms with van der Waals surface area (Å²) >= 11 is 11.8. The first kappa shape index (κ1) is 15.5. The number of carbonyl (C=O) groups is 1. The van der Waals surface area contributed by atoms with Crippen LogP contribution in [0.1, 0.15) is 38.1 Å². The maximum absolute atomic E-state index is 12.6. The second-order valence-corrected chi connectivity index (χ2v) is 7.00. The van der Waals surface area contributed by atoms with Gasteiger partial charge in [-0.25, -0.2) is 4.98 Å². The molecule has 0 atom stereocenters. The summed E-state index contributed by atoms with van der Waals surface area (Å²) in [7, 11) is 0. The smallest absolute Gasteiger partial charge is 0.257 e. The first-order chi connectivity index (χ1) is 9.10. The van der Waals surface area contributed by atoms with Crippen molar-refractivity contribution in [2.75, 3.05) is 13.1 Å². The van der Waals surface area contributed by atoms with E-state index in [4.69, 9.17) is 27.9 Å². The minimum absolute atomic E-state index is 0.129. The number of nitrogens with zero attached hydrogens (tertiary/aromatic N) is 2. The van der Waals surface area contributed by atoms with Crippen molar-refractivity contribution in [3.8, 4) is 0 Å². The van der Waals surface area contributed by atoms with Gasteiger partial charge in [0.05, 0.1) is 16.8 Å². The molecule has 1 saturated heterocycles. The van der Waals surface area contributed by atoms with Gasteiger partial charge in [0, 0.05) is 13.1 Å². The predicted octanol–water partition coefficient (Wildman–Crippen LogP) is 3.42. The first-order valence-electron chi connectivity index (χ1n) is 6.41. The number of amides is 1. The Bertz CT molecular complexity index is 528. The van der Waals surface area contributed by atoms with Crippen LogP contribution in [0.3, 0.4) is 0 Å². The molecule has 1 fully saturated rings. The number of aromatic nitrogens is 1. The van der Waals surface area contributed by atoms with Crippen LogP contribution in [0.25, 0.3) is 0 Å². The number of ether oxygens (including phenoxy) is 1. The van der Waals surface area contributed by atoms with Crippen molar-refractivity contribution >= 4 is 29.1 Å². The van der Waals surface area contributed by atoms with Crippen LogP contribution in [0.2, 0.25) is 10.3 Å². The van der Waals surface area contributed by atoms with Crippen LogP contribution < -0.4 is 0 Å².